The van der Waals surface area contributed by atoms with Crippen LogP contribution in [0.4, 0.5) is 17.3 Å². The lowest BCUT2D eigenvalue weighted by atomic mass is 10.1. The molecule has 146 valence electrons. The number of nitrogens with zero attached hydrogens (tertiary/aromatic N) is 3. The van der Waals surface area contributed by atoms with Crippen molar-refractivity contribution in [3.63, 3.8) is 0 Å². The number of benzene rings is 2. The first-order valence-corrected chi connectivity index (χ1v) is 9.30. The third-order valence-corrected chi connectivity index (χ3v) is 4.44. The molecule has 0 fully saturated rings. The van der Waals surface area contributed by atoms with Gasteiger partial charge in [0.25, 0.3) is 0 Å². The summed E-state index contributed by atoms with van der Waals surface area (Å²) in [6, 6.07) is 15.1. The van der Waals surface area contributed by atoms with Crippen molar-refractivity contribution in [2.75, 3.05) is 10.6 Å². The van der Waals surface area contributed by atoms with Gasteiger partial charge in [-0.3, -0.25) is 4.79 Å². The Kier molecular flexibility index (Phi) is 4.95. The minimum absolute atomic E-state index is 0.146. The predicted molar refractivity (Wildman–Crippen MR) is 112 cm³/mol. The second-order valence-electron chi connectivity index (χ2n) is 7.03. The van der Waals surface area contributed by atoms with Crippen molar-refractivity contribution in [3.8, 4) is 0 Å². The van der Waals surface area contributed by atoms with Crippen molar-refractivity contribution in [2.24, 2.45) is 0 Å². The van der Waals surface area contributed by atoms with Crippen molar-refractivity contribution in [2.45, 2.75) is 27.2 Å². The summed E-state index contributed by atoms with van der Waals surface area (Å²) in [6.45, 7) is 5.85. The lowest BCUT2D eigenvalue weighted by molar-refractivity contribution is -0.115. The summed E-state index contributed by atoms with van der Waals surface area (Å²) in [5.41, 5.74) is 5.75. The Morgan fingerprint density at radius 1 is 0.931 bits per heavy atom. The molecule has 0 aliphatic rings. The third-order valence-electron chi connectivity index (χ3n) is 4.44. The van der Waals surface area contributed by atoms with Crippen LogP contribution in [0.25, 0.3) is 11.0 Å². The van der Waals surface area contributed by atoms with Crippen LogP contribution in [-0.2, 0) is 11.2 Å². The average Bonchev–Trinajstić information content (AvgIpc) is 3.04. The van der Waals surface area contributed by atoms with Crippen molar-refractivity contribution >= 4 is 34.2 Å². The van der Waals surface area contributed by atoms with Crippen LogP contribution in [0.5, 0.6) is 0 Å². The number of carbonyl (C=O) groups is 1. The van der Waals surface area contributed by atoms with E-state index >= 15 is 0 Å². The molecule has 2 N–H and O–H groups in total. The molecular weight excluding hydrogens is 366 g/mol. The molecule has 7 nitrogen and oxygen atoms in total. The molecule has 0 radical (unpaired) electrons. The van der Waals surface area contributed by atoms with E-state index in [0.717, 1.165) is 28.0 Å². The van der Waals surface area contributed by atoms with Gasteiger partial charge in [0.15, 0.2) is 5.58 Å². The molecule has 0 saturated carbocycles. The monoisotopic (exact) mass is 387 g/mol. The van der Waals surface area contributed by atoms with Crippen LogP contribution in [0.1, 0.15) is 22.6 Å². The number of fused-ring (bicyclic) bond motifs is 1. The number of aryl methyl sites for hydroxylation is 3. The fourth-order valence-electron chi connectivity index (χ4n) is 3.13. The van der Waals surface area contributed by atoms with Gasteiger partial charge in [-0.05, 0) is 63.2 Å². The lowest BCUT2D eigenvalue weighted by Crippen LogP contribution is -2.14. The highest BCUT2D eigenvalue weighted by molar-refractivity contribution is 5.94. The number of carbonyl (C=O) groups excluding carboxylic acids is 1. The molecule has 0 spiro atoms. The van der Waals surface area contributed by atoms with Gasteiger partial charge in [-0.2, -0.15) is 0 Å². The van der Waals surface area contributed by atoms with Gasteiger partial charge < -0.3 is 15.2 Å². The predicted octanol–water partition coefficient (Wildman–Crippen LogP) is 4.47. The lowest BCUT2D eigenvalue weighted by Gasteiger charge is -2.08. The Labute approximate surface area is 168 Å². The van der Waals surface area contributed by atoms with Gasteiger partial charge in [-0.1, -0.05) is 16.8 Å². The number of nitrogens with one attached hydrogen (secondary N) is 2. The maximum Gasteiger partial charge on any atom is 0.230 e. The summed E-state index contributed by atoms with van der Waals surface area (Å²) in [5.74, 6) is 0.396. The van der Waals surface area contributed by atoms with E-state index in [4.69, 9.17) is 4.52 Å². The van der Waals surface area contributed by atoms with E-state index in [1.807, 2.05) is 69.3 Å². The smallest absolute Gasteiger partial charge is 0.230 e. The molecule has 29 heavy (non-hydrogen) atoms. The highest BCUT2D eigenvalue weighted by atomic mass is 16.5. The second-order valence-corrected chi connectivity index (χ2v) is 7.03. The molecule has 0 atom stereocenters. The van der Waals surface area contributed by atoms with Gasteiger partial charge in [-0.25, -0.2) is 9.97 Å². The van der Waals surface area contributed by atoms with E-state index in [2.05, 4.69) is 25.8 Å². The number of hydrogen-bond donors (Lipinski definition) is 2. The van der Waals surface area contributed by atoms with Crippen LogP contribution in [-0.4, -0.2) is 21.0 Å². The number of hydrogen-bond acceptors (Lipinski definition) is 6. The zero-order valence-corrected chi connectivity index (χ0v) is 16.5. The largest absolute Gasteiger partial charge is 0.356 e. The van der Waals surface area contributed by atoms with Crippen molar-refractivity contribution in [3.05, 3.63) is 71.2 Å². The van der Waals surface area contributed by atoms with Gasteiger partial charge in [0.2, 0.25) is 11.9 Å². The molecule has 2 aromatic heterocycles. The van der Waals surface area contributed by atoms with Gasteiger partial charge >= 0.3 is 0 Å². The first-order valence-electron chi connectivity index (χ1n) is 9.30. The van der Waals surface area contributed by atoms with Gasteiger partial charge in [0.1, 0.15) is 5.69 Å². The van der Waals surface area contributed by atoms with Crippen molar-refractivity contribution in [1.29, 1.82) is 0 Å². The standard InChI is InChI=1S/C22H21N5O2/c1-13-4-9-20-18(10-13)19(27-29-20)12-21(28)25-16-5-7-17(8-6-16)26-22-23-14(2)11-15(3)24-22/h4-11H,12H2,1-3H3,(H,25,28)(H,23,24,26). The molecule has 4 rings (SSSR count). The number of amides is 1. The molecule has 2 heterocycles. The van der Waals surface area contributed by atoms with E-state index < -0.39 is 0 Å². The first kappa shape index (κ1) is 18.6. The highest BCUT2D eigenvalue weighted by Gasteiger charge is 2.13. The first-order chi connectivity index (χ1) is 14.0. The fraction of sp³-hybridized carbons (Fsp3) is 0.182. The van der Waals surface area contributed by atoms with Crippen LogP contribution in [0.3, 0.4) is 0 Å². The molecule has 0 unspecified atom stereocenters. The SMILES string of the molecule is Cc1ccc2onc(CC(=O)Nc3ccc(Nc4nc(C)cc(C)n4)cc3)c2c1. The van der Waals surface area contributed by atoms with Crippen LogP contribution in [0, 0.1) is 20.8 Å². The summed E-state index contributed by atoms with van der Waals surface area (Å²) in [7, 11) is 0. The summed E-state index contributed by atoms with van der Waals surface area (Å²) in [5, 5.41) is 11.0. The van der Waals surface area contributed by atoms with Crippen LogP contribution >= 0.6 is 0 Å². The Morgan fingerprint density at radius 3 is 2.34 bits per heavy atom. The quantitative estimate of drug-likeness (QED) is 0.525. The maximum absolute atomic E-state index is 12.4. The normalized spacial score (nSPS) is 10.9. The van der Waals surface area contributed by atoms with E-state index in [9.17, 15) is 4.79 Å². The van der Waals surface area contributed by atoms with E-state index in [0.29, 0.717) is 22.9 Å². The molecule has 2 aromatic carbocycles. The molecule has 0 aliphatic heterocycles. The minimum atomic E-state index is -0.153. The molecule has 0 aliphatic carbocycles. The summed E-state index contributed by atoms with van der Waals surface area (Å²) in [6.07, 6.45) is 0.146. The average molecular weight is 387 g/mol. The molecule has 1 amide bonds. The topological polar surface area (TPSA) is 92.9 Å². The number of aromatic nitrogens is 3. The van der Waals surface area contributed by atoms with E-state index in [1.165, 1.54) is 0 Å². The van der Waals surface area contributed by atoms with Gasteiger partial charge in [-0.15, -0.1) is 0 Å². The molecule has 0 bridgehead atoms. The number of rotatable bonds is 5. The van der Waals surface area contributed by atoms with Crippen molar-refractivity contribution in [1.82, 2.24) is 15.1 Å². The Morgan fingerprint density at radius 2 is 1.62 bits per heavy atom. The van der Waals surface area contributed by atoms with Crippen molar-refractivity contribution < 1.29 is 9.32 Å². The van der Waals surface area contributed by atoms with Crippen LogP contribution in [0.15, 0.2) is 53.1 Å². The summed E-state index contributed by atoms with van der Waals surface area (Å²) >= 11 is 0. The fourth-order valence-corrected chi connectivity index (χ4v) is 3.13. The summed E-state index contributed by atoms with van der Waals surface area (Å²) in [4.78, 5) is 21.2. The second kappa shape index (κ2) is 7.71. The van der Waals surface area contributed by atoms with Gasteiger partial charge in [0, 0.05) is 28.1 Å². The van der Waals surface area contributed by atoms with Crippen LogP contribution < -0.4 is 10.6 Å². The zero-order valence-electron chi connectivity index (χ0n) is 16.5. The maximum atomic E-state index is 12.4. The highest BCUT2D eigenvalue weighted by Crippen LogP contribution is 2.21. The molecule has 0 saturated heterocycles. The van der Waals surface area contributed by atoms with Crippen LogP contribution in [0.2, 0.25) is 0 Å². The third kappa shape index (κ3) is 4.40. The molecule has 7 heteroatoms. The minimum Gasteiger partial charge on any atom is -0.356 e. The Bertz CT molecular complexity index is 1160. The number of anilines is 3. The van der Waals surface area contributed by atoms with Gasteiger partial charge in [0.05, 0.1) is 6.42 Å². The van der Waals surface area contributed by atoms with E-state index in [1.54, 1.807) is 0 Å². The Balaban J connectivity index is 1.41. The Hall–Kier alpha value is -3.74. The molecular formula is C22H21N5O2. The zero-order chi connectivity index (χ0) is 20.4. The van der Waals surface area contributed by atoms with E-state index in [-0.39, 0.29) is 12.3 Å². The molecule has 4 aromatic rings. The summed E-state index contributed by atoms with van der Waals surface area (Å²) < 4.78 is 5.29.